The van der Waals surface area contributed by atoms with Gasteiger partial charge in [-0.25, -0.2) is 12.8 Å². The van der Waals surface area contributed by atoms with Crippen LogP contribution in [-0.2, 0) is 16.6 Å². The maximum Gasteiger partial charge on any atom is 0.264 e. The summed E-state index contributed by atoms with van der Waals surface area (Å²) >= 11 is 5.80. The maximum absolute atomic E-state index is 13.5. The van der Waals surface area contributed by atoms with Crippen molar-refractivity contribution in [2.75, 3.05) is 11.4 Å². The first-order chi connectivity index (χ1) is 12.9. The molecule has 0 spiro atoms. The average molecular weight is 406 g/mol. The van der Waals surface area contributed by atoms with Crippen LogP contribution in [0.1, 0.15) is 5.56 Å². The van der Waals surface area contributed by atoms with Crippen LogP contribution in [0.25, 0.3) is 0 Å². The van der Waals surface area contributed by atoms with E-state index in [1.54, 1.807) is 24.3 Å². The third kappa shape index (κ3) is 4.23. The molecule has 140 valence electrons. The summed E-state index contributed by atoms with van der Waals surface area (Å²) in [7, 11) is -2.48. The lowest BCUT2D eigenvalue weighted by Crippen LogP contribution is -2.30. The Labute approximate surface area is 162 Å². The summed E-state index contributed by atoms with van der Waals surface area (Å²) in [5.41, 5.74) is 1.23. The molecule has 0 unspecified atom stereocenters. The Hall–Kier alpha value is -2.57. The first-order valence-corrected chi connectivity index (χ1v) is 9.89. The van der Waals surface area contributed by atoms with Gasteiger partial charge in [0.25, 0.3) is 10.0 Å². The molecule has 3 rings (SSSR count). The summed E-state index contributed by atoms with van der Waals surface area (Å²) in [5, 5.41) is -0.249. The van der Waals surface area contributed by atoms with Gasteiger partial charge >= 0.3 is 0 Å². The molecule has 0 aliphatic rings. The van der Waals surface area contributed by atoms with Crippen molar-refractivity contribution in [2.24, 2.45) is 0 Å². The van der Waals surface area contributed by atoms with Crippen molar-refractivity contribution < 1.29 is 17.5 Å². The Morgan fingerprint density at radius 2 is 1.74 bits per heavy atom. The molecule has 0 aliphatic carbocycles. The minimum atomic E-state index is -3.99. The Kier molecular flexibility index (Phi) is 5.68. The van der Waals surface area contributed by atoms with Crippen LogP contribution in [0.3, 0.4) is 0 Å². The van der Waals surface area contributed by atoms with Gasteiger partial charge in [0.05, 0.1) is 29.3 Å². The molecule has 0 N–H and O–H groups in total. The van der Waals surface area contributed by atoms with Gasteiger partial charge in [-0.3, -0.25) is 4.31 Å². The zero-order chi connectivity index (χ0) is 19.4. The summed E-state index contributed by atoms with van der Waals surface area (Å²) in [6, 6.07) is 19.3. The summed E-state index contributed by atoms with van der Waals surface area (Å²) in [6.07, 6.45) is 0. The molecule has 0 amide bonds. The predicted octanol–water partition coefficient (Wildman–Crippen LogP) is 4.88. The van der Waals surface area contributed by atoms with E-state index in [4.69, 9.17) is 16.3 Å². The molecule has 3 aromatic rings. The highest BCUT2D eigenvalue weighted by Gasteiger charge is 2.26. The van der Waals surface area contributed by atoms with Gasteiger partial charge in [0, 0.05) is 6.07 Å². The fourth-order valence-corrected chi connectivity index (χ4v) is 4.31. The van der Waals surface area contributed by atoms with E-state index < -0.39 is 15.8 Å². The molecular formula is C20H17ClFNO3S. The maximum atomic E-state index is 13.5. The Balaban J connectivity index is 2.11. The second-order valence-corrected chi connectivity index (χ2v) is 8.04. The van der Waals surface area contributed by atoms with Gasteiger partial charge in [0.2, 0.25) is 0 Å². The predicted molar refractivity (Wildman–Crippen MR) is 104 cm³/mol. The fourth-order valence-electron chi connectivity index (χ4n) is 2.59. The van der Waals surface area contributed by atoms with Crippen molar-refractivity contribution in [2.45, 2.75) is 11.4 Å². The second kappa shape index (κ2) is 7.98. The molecule has 27 heavy (non-hydrogen) atoms. The number of nitrogens with zero attached hydrogens (tertiary/aromatic N) is 1. The lowest BCUT2D eigenvalue weighted by molar-refractivity contribution is 0.415. The average Bonchev–Trinajstić information content (AvgIpc) is 2.69. The fraction of sp³-hybridized carbons (Fsp3) is 0.100. The first-order valence-electron chi connectivity index (χ1n) is 8.07. The molecule has 0 saturated heterocycles. The van der Waals surface area contributed by atoms with Crippen LogP contribution >= 0.6 is 11.6 Å². The number of ether oxygens (including phenoxy) is 1. The number of halogens is 2. The molecule has 0 bridgehead atoms. The lowest BCUT2D eigenvalue weighted by atomic mass is 10.2. The summed E-state index contributed by atoms with van der Waals surface area (Å²) in [5.74, 6) is -0.149. The Bertz CT molecular complexity index is 1040. The molecule has 0 saturated carbocycles. The van der Waals surface area contributed by atoms with Crippen molar-refractivity contribution >= 4 is 27.3 Å². The van der Waals surface area contributed by atoms with E-state index in [1.807, 2.05) is 30.3 Å². The number of sulfonamides is 1. The van der Waals surface area contributed by atoms with Crippen LogP contribution in [0.15, 0.2) is 77.7 Å². The minimum absolute atomic E-state index is 0.0901. The number of rotatable bonds is 6. The van der Waals surface area contributed by atoms with Gasteiger partial charge in [0.15, 0.2) is 0 Å². The van der Waals surface area contributed by atoms with Crippen LogP contribution in [-0.4, -0.2) is 15.5 Å². The van der Waals surface area contributed by atoms with Gasteiger partial charge < -0.3 is 4.74 Å². The van der Waals surface area contributed by atoms with Gasteiger partial charge in [-0.05, 0) is 35.9 Å². The van der Waals surface area contributed by atoms with E-state index in [0.717, 1.165) is 17.7 Å². The zero-order valence-electron chi connectivity index (χ0n) is 14.5. The molecule has 0 heterocycles. The number of hydrogen-bond donors (Lipinski definition) is 0. The molecule has 0 aromatic heterocycles. The zero-order valence-corrected chi connectivity index (χ0v) is 16.0. The molecule has 3 aromatic carbocycles. The van der Waals surface area contributed by atoms with Crippen molar-refractivity contribution in [3.05, 3.63) is 89.2 Å². The van der Waals surface area contributed by atoms with E-state index in [-0.39, 0.29) is 16.5 Å². The van der Waals surface area contributed by atoms with Crippen LogP contribution in [0.4, 0.5) is 10.1 Å². The Morgan fingerprint density at radius 3 is 2.41 bits per heavy atom. The van der Waals surface area contributed by atoms with Gasteiger partial charge in [-0.15, -0.1) is 0 Å². The highest BCUT2D eigenvalue weighted by Crippen LogP contribution is 2.30. The van der Waals surface area contributed by atoms with E-state index >= 15 is 0 Å². The van der Waals surface area contributed by atoms with Crippen LogP contribution in [0.5, 0.6) is 5.75 Å². The van der Waals surface area contributed by atoms with Crippen LogP contribution in [0.2, 0.25) is 5.02 Å². The quantitative estimate of drug-likeness (QED) is 0.587. The highest BCUT2D eigenvalue weighted by molar-refractivity contribution is 7.92. The van der Waals surface area contributed by atoms with E-state index in [0.29, 0.717) is 11.4 Å². The number of anilines is 1. The number of benzene rings is 3. The highest BCUT2D eigenvalue weighted by atomic mass is 35.5. The standard InChI is InChI=1S/C20H17ClFNO3S/c1-26-17-9-5-8-16(12-17)23(14-15-6-3-2-4-7-15)27(24,25)18-10-11-20(22)19(21)13-18/h2-13H,14H2,1H3. The third-order valence-corrected chi connectivity index (χ3v) is 6.05. The van der Waals surface area contributed by atoms with E-state index in [9.17, 15) is 12.8 Å². The lowest BCUT2D eigenvalue weighted by Gasteiger charge is -2.25. The number of hydrogen-bond acceptors (Lipinski definition) is 3. The number of methoxy groups -OCH3 is 1. The second-order valence-electron chi connectivity index (χ2n) is 5.77. The molecule has 0 fully saturated rings. The molecule has 7 heteroatoms. The largest absolute Gasteiger partial charge is 0.497 e. The van der Waals surface area contributed by atoms with Crippen molar-refractivity contribution in [1.29, 1.82) is 0 Å². The molecule has 0 atom stereocenters. The summed E-state index contributed by atoms with van der Waals surface area (Å²) < 4.78 is 46.6. The molecular weight excluding hydrogens is 389 g/mol. The van der Waals surface area contributed by atoms with Gasteiger partial charge in [-0.1, -0.05) is 48.0 Å². The topological polar surface area (TPSA) is 46.6 Å². The minimum Gasteiger partial charge on any atom is -0.497 e. The SMILES string of the molecule is COc1cccc(N(Cc2ccccc2)S(=O)(=O)c2ccc(F)c(Cl)c2)c1. The van der Waals surface area contributed by atoms with Crippen molar-refractivity contribution in [3.63, 3.8) is 0 Å². The van der Waals surface area contributed by atoms with Crippen LogP contribution in [0, 0.1) is 5.82 Å². The smallest absolute Gasteiger partial charge is 0.264 e. The molecule has 0 aliphatic heterocycles. The van der Waals surface area contributed by atoms with Crippen LogP contribution < -0.4 is 9.04 Å². The third-order valence-electron chi connectivity index (χ3n) is 3.99. The Morgan fingerprint density at radius 1 is 1.00 bits per heavy atom. The molecule has 4 nitrogen and oxygen atoms in total. The summed E-state index contributed by atoms with van der Waals surface area (Å²) in [6.45, 7) is 0.103. The van der Waals surface area contributed by atoms with Crippen molar-refractivity contribution in [3.8, 4) is 5.75 Å². The van der Waals surface area contributed by atoms with Gasteiger partial charge in [0.1, 0.15) is 11.6 Å². The van der Waals surface area contributed by atoms with Gasteiger partial charge in [-0.2, -0.15) is 0 Å². The first kappa shape index (κ1) is 19.2. The monoisotopic (exact) mass is 405 g/mol. The normalized spacial score (nSPS) is 11.2. The summed E-state index contributed by atoms with van der Waals surface area (Å²) in [4.78, 5) is -0.0901. The van der Waals surface area contributed by atoms with Crippen molar-refractivity contribution in [1.82, 2.24) is 0 Å². The van der Waals surface area contributed by atoms with E-state index in [1.165, 1.54) is 17.5 Å². The van der Waals surface area contributed by atoms with E-state index in [2.05, 4.69) is 0 Å². The molecule has 0 radical (unpaired) electrons.